The third-order valence-corrected chi connectivity index (χ3v) is 5.71. The van der Waals surface area contributed by atoms with Crippen LogP contribution in [-0.2, 0) is 13.2 Å². The monoisotopic (exact) mass is 491 g/mol. The fourth-order valence-electron chi connectivity index (χ4n) is 3.78. The number of carbonyl (C=O) groups is 1. The number of nitrogens with one attached hydrogen (secondary N) is 1. The first-order chi connectivity index (χ1) is 17.4. The number of ether oxygens (including phenoxy) is 4. The Balaban J connectivity index is 1.42. The van der Waals surface area contributed by atoms with Gasteiger partial charge in [0.15, 0.2) is 17.3 Å². The number of nitrogens with zero attached hydrogens (tertiary/aromatic N) is 2. The highest BCUT2D eigenvalue weighted by Gasteiger charge is 2.18. The second kappa shape index (κ2) is 10.9. The predicted octanol–water partition coefficient (Wildman–Crippen LogP) is 5.00. The maximum Gasteiger partial charge on any atom is 0.291 e. The number of furan rings is 1. The second-order valence-corrected chi connectivity index (χ2v) is 8.08. The molecule has 36 heavy (non-hydrogen) atoms. The molecule has 0 aliphatic heterocycles. The van der Waals surface area contributed by atoms with Crippen LogP contribution in [0.4, 0.5) is 5.69 Å². The summed E-state index contributed by atoms with van der Waals surface area (Å²) in [4.78, 5) is 12.9. The Morgan fingerprint density at radius 1 is 0.944 bits per heavy atom. The van der Waals surface area contributed by atoms with Gasteiger partial charge in [-0.3, -0.25) is 9.48 Å². The van der Waals surface area contributed by atoms with Gasteiger partial charge in [0.05, 0.1) is 44.9 Å². The van der Waals surface area contributed by atoms with Gasteiger partial charge in [-0.1, -0.05) is 12.1 Å². The van der Waals surface area contributed by atoms with E-state index >= 15 is 0 Å². The SMILES string of the molecule is COc1cccc(OCc2ccc(C(=O)Nc3c(C)nn(Cc4ccc(OC)c(OC)c4)c3C)o2)c1. The van der Waals surface area contributed by atoms with Crippen LogP contribution >= 0.6 is 0 Å². The molecule has 0 aliphatic rings. The molecule has 0 bridgehead atoms. The maximum atomic E-state index is 12.9. The standard InChI is InChI=1S/C27H29N3O6/c1-17-26(18(2)30(29-17)15-19-9-11-23(33-4)25(13-19)34-5)28-27(31)24-12-10-22(36-24)16-35-21-8-6-7-20(14-21)32-3/h6-14H,15-16H2,1-5H3,(H,28,31). The van der Waals surface area contributed by atoms with E-state index < -0.39 is 0 Å². The van der Waals surface area contributed by atoms with Gasteiger partial charge in [-0.25, -0.2) is 0 Å². The van der Waals surface area contributed by atoms with E-state index in [4.69, 9.17) is 23.4 Å². The van der Waals surface area contributed by atoms with Gasteiger partial charge in [0, 0.05) is 6.07 Å². The van der Waals surface area contributed by atoms with E-state index in [0.29, 0.717) is 46.7 Å². The van der Waals surface area contributed by atoms with Crippen molar-refractivity contribution < 1.29 is 28.2 Å². The van der Waals surface area contributed by atoms with E-state index in [1.54, 1.807) is 39.5 Å². The zero-order valence-electron chi connectivity index (χ0n) is 21.0. The summed E-state index contributed by atoms with van der Waals surface area (Å²) in [6.45, 7) is 4.45. The van der Waals surface area contributed by atoms with Crippen LogP contribution in [0.5, 0.6) is 23.0 Å². The predicted molar refractivity (Wildman–Crippen MR) is 134 cm³/mol. The summed E-state index contributed by atoms with van der Waals surface area (Å²) in [5, 5.41) is 7.53. The number of hydrogen-bond acceptors (Lipinski definition) is 7. The number of aryl methyl sites for hydroxylation is 1. The summed E-state index contributed by atoms with van der Waals surface area (Å²) in [6.07, 6.45) is 0. The zero-order chi connectivity index (χ0) is 25.7. The molecule has 0 atom stereocenters. The average molecular weight is 492 g/mol. The first-order valence-electron chi connectivity index (χ1n) is 11.3. The molecule has 0 saturated carbocycles. The van der Waals surface area contributed by atoms with Gasteiger partial charge in [0.2, 0.25) is 0 Å². The first-order valence-corrected chi connectivity index (χ1v) is 11.3. The van der Waals surface area contributed by atoms with Crippen molar-refractivity contribution in [3.8, 4) is 23.0 Å². The molecule has 2 aromatic carbocycles. The van der Waals surface area contributed by atoms with Crippen LogP contribution < -0.4 is 24.3 Å². The lowest BCUT2D eigenvalue weighted by Gasteiger charge is -2.11. The van der Waals surface area contributed by atoms with Crippen molar-refractivity contribution in [2.24, 2.45) is 0 Å². The van der Waals surface area contributed by atoms with E-state index in [-0.39, 0.29) is 18.3 Å². The number of methoxy groups -OCH3 is 3. The molecule has 0 spiro atoms. The van der Waals surface area contributed by atoms with Crippen molar-refractivity contribution in [2.75, 3.05) is 26.6 Å². The van der Waals surface area contributed by atoms with Crippen LogP contribution in [0, 0.1) is 13.8 Å². The number of amides is 1. The fourth-order valence-corrected chi connectivity index (χ4v) is 3.78. The number of carbonyl (C=O) groups excluding carboxylic acids is 1. The topological polar surface area (TPSA) is 97.0 Å². The van der Waals surface area contributed by atoms with Crippen LogP contribution in [-0.4, -0.2) is 37.0 Å². The third kappa shape index (κ3) is 5.46. The lowest BCUT2D eigenvalue weighted by Crippen LogP contribution is -2.12. The average Bonchev–Trinajstić information content (AvgIpc) is 3.48. The van der Waals surface area contributed by atoms with E-state index in [1.807, 2.05) is 54.9 Å². The highest BCUT2D eigenvalue weighted by molar-refractivity contribution is 6.02. The molecule has 0 saturated heterocycles. The molecule has 188 valence electrons. The molecule has 9 nitrogen and oxygen atoms in total. The summed E-state index contributed by atoms with van der Waals surface area (Å²) in [5.41, 5.74) is 3.16. The molecule has 0 fully saturated rings. The maximum absolute atomic E-state index is 12.9. The molecule has 2 aromatic heterocycles. The smallest absolute Gasteiger partial charge is 0.291 e. The van der Waals surface area contributed by atoms with E-state index in [9.17, 15) is 4.79 Å². The van der Waals surface area contributed by atoms with E-state index in [0.717, 1.165) is 11.3 Å². The Labute approximate surface area is 209 Å². The van der Waals surface area contributed by atoms with Crippen molar-refractivity contribution in [1.29, 1.82) is 0 Å². The zero-order valence-corrected chi connectivity index (χ0v) is 21.0. The second-order valence-electron chi connectivity index (χ2n) is 8.08. The lowest BCUT2D eigenvalue weighted by molar-refractivity contribution is 0.0992. The van der Waals surface area contributed by atoms with Crippen LogP contribution in [0.3, 0.4) is 0 Å². The quantitative estimate of drug-likeness (QED) is 0.333. The Hall–Kier alpha value is -4.40. The Morgan fingerprint density at radius 3 is 2.47 bits per heavy atom. The highest BCUT2D eigenvalue weighted by atomic mass is 16.5. The Morgan fingerprint density at radius 2 is 1.72 bits per heavy atom. The molecule has 4 rings (SSSR count). The largest absolute Gasteiger partial charge is 0.497 e. The van der Waals surface area contributed by atoms with Gasteiger partial charge >= 0.3 is 0 Å². The van der Waals surface area contributed by atoms with Gasteiger partial charge in [-0.2, -0.15) is 5.10 Å². The van der Waals surface area contributed by atoms with Crippen molar-refractivity contribution in [3.05, 3.63) is 83.1 Å². The molecule has 1 N–H and O–H groups in total. The van der Waals surface area contributed by atoms with Gasteiger partial charge in [0.1, 0.15) is 23.9 Å². The van der Waals surface area contributed by atoms with Crippen LogP contribution in [0.25, 0.3) is 0 Å². The summed E-state index contributed by atoms with van der Waals surface area (Å²) in [5.74, 6) is 3.00. The Bertz CT molecular complexity index is 1360. The van der Waals surface area contributed by atoms with Crippen LogP contribution in [0.15, 0.2) is 59.0 Å². The van der Waals surface area contributed by atoms with Crippen molar-refractivity contribution >= 4 is 11.6 Å². The van der Waals surface area contributed by atoms with Gasteiger partial charge in [0.25, 0.3) is 5.91 Å². The van der Waals surface area contributed by atoms with E-state index in [1.165, 1.54) is 0 Å². The molecule has 2 heterocycles. The molecule has 9 heteroatoms. The van der Waals surface area contributed by atoms with Crippen molar-refractivity contribution in [1.82, 2.24) is 9.78 Å². The number of rotatable bonds is 10. The first kappa shape index (κ1) is 24.7. The van der Waals surface area contributed by atoms with E-state index in [2.05, 4.69) is 10.4 Å². The van der Waals surface area contributed by atoms with Crippen LogP contribution in [0.1, 0.15) is 33.3 Å². The molecule has 0 aliphatic carbocycles. The molecule has 0 radical (unpaired) electrons. The highest BCUT2D eigenvalue weighted by Crippen LogP contribution is 2.29. The Kier molecular flexibility index (Phi) is 7.48. The minimum absolute atomic E-state index is 0.182. The normalized spacial score (nSPS) is 10.7. The van der Waals surface area contributed by atoms with Crippen LogP contribution in [0.2, 0.25) is 0 Å². The van der Waals surface area contributed by atoms with Gasteiger partial charge in [-0.15, -0.1) is 0 Å². The van der Waals surface area contributed by atoms with Gasteiger partial charge in [-0.05, 0) is 55.8 Å². The molecular formula is C27H29N3O6. The fraction of sp³-hybridized carbons (Fsp3) is 0.259. The number of anilines is 1. The molecule has 0 unspecified atom stereocenters. The summed E-state index contributed by atoms with van der Waals surface area (Å²) < 4.78 is 29.2. The third-order valence-electron chi connectivity index (χ3n) is 5.71. The minimum Gasteiger partial charge on any atom is -0.497 e. The van der Waals surface area contributed by atoms with Gasteiger partial charge < -0.3 is 28.7 Å². The summed E-state index contributed by atoms with van der Waals surface area (Å²) in [7, 11) is 4.80. The molecular weight excluding hydrogens is 462 g/mol. The molecule has 1 amide bonds. The number of hydrogen-bond donors (Lipinski definition) is 1. The summed E-state index contributed by atoms with van der Waals surface area (Å²) >= 11 is 0. The number of benzene rings is 2. The van der Waals surface area contributed by atoms with Crippen molar-refractivity contribution in [3.63, 3.8) is 0 Å². The minimum atomic E-state index is -0.362. The molecule has 4 aromatic rings. The summed E-state index contributed by atoms with van der Waals surface area (Å²) in [6, 6.07) is 16.3. The lowest BCUT2D eigenvalue weighted by atomic mass is 10.2. The number of aromatic nitrogens is 2. The van der Waals surface area contributed by atoms with Crippen molar-refractivity contribution in [2.45, 2.75) is 27.0 Å².